The summed E-state index contributed by atoms with van der Waals surface area (Å²) >= 11 is 4.89. The molecule has 2 fully saturated rings. The van der Waals surface area contributed by atoms with E-state index in [1.165, 1.54) is 34.1 Å². The number of hydrogen-bond donors (Lipinski definition) is 6. The Morgan fingerprint density at radius 2 is 1.90 bits per heavy atom. The van der Waals surface area contributed by atoms with Crippen molar-refractivity contribution < 1.29 is 37.3 Å². The smallest absolute Gasteiger partial charge is 0.386 e. The van der Waals surface area contributed by atoms with Gasteiger partial charge in [-0.2, -0.15) is 4.98 Å². The fraction of sp³-hybridized carbons (Fsp3) is 0.476. The zero-order valence-corrected chi connectivity index (χ0v) is 23.8. The zero-order valence-electron chi connectivity index (χ0n) is 21.2. The maximum atomic E-state index is 15.4. The molecule has 4 aromatic rings. The first-order valence-electron chi connectivity index (χ1n) is 12.3. The van der Waals surface area contributed by atoms with Crippen molar-refractivity contribution in [3.63, 3.8) is 0 Å². The summed E-state index contributed by atoms with van der Waals surface area (Å²) in [5.74, 6) is -0.212. The SMILES string of the molecule is Nc1nc2c(ncn2[C@@H]2S[C@H](CO)[C@H](F)C2OP(=O)(S)OC[C@H]2O[C@@H](n3cnc4c(N)ccnc43)[C@@H](F)[C@@H]2O)c(=O)[nH]1. The lowest BCUT2D eigenvalue weighted by Gasteiger charge is -2.25. The van der Waals surface area contributed by atoms with Gasteiger partial charge in [0.2, 0.25) is 5.95 Å². The van der Waals surface area contributed by atoms with Crippen LogP contribution in [0.25, 0.3) is 22.3 Å². The third-order valence-electron chi connectivity index (χ3n) is 6.89. The monoisotopic (exact) mass is 647 g/mol. The lowest BCUT2D eigenvalue weighted by molar-refractivity contribution is -0.0443. The van der Waals surface area contributed by atoms with Gasteiger partial charge in [-0.3, -0.25) is 28.0 Å². The second kappa shape index (κ2) is 11.0. The number of pyridine rings is 1. The van der Waals surface area contributed by atoms with Crippen molar-refractivity contribution in [3.8, 4) is 0 Å². The highest BCUT2D eigenvalue weighted by Gasteiger charge is 2.51. The predicted molar refractivity (Wildman–Crippen MR) is 149 cm³/mol. The number of thioether (sulfide) groups is 1. The van der Waals surface area contributed by atoms with E-state index in [9.17, 15) is 19.6 Å². The molecule has 0 aromatic carbocycles. The zero-order chi connectivity index (χ0) is 29.9. The maximum absolute atomic E-state index is 15.4. The summed E-state index contributed by atoms with van der Waals surface area (Å²) in [6.45, 7) is -5.64. The number of H-pyrrole nitrogens is 1. The van der Waals surface area contributed by atoms with Gasteiger partial charge in [-0.25, -0.2) is 28.3 Å². The van der Waals surface area contributed by atoms with Gasteiger partial charge >= 0.3 is 6.80 Å². The number of aliphatic hydroxyl groups is 2. The van der Waals surface area contributed by atoms with Crippen LogP contribution in [0, 0.1) is 0 Å². The van der Waals surface area contributed by atoms with E-state index < -0.39 is 73.1 Å². The van der Waals surface area contributed by atoms with Gasteiger partial charge in [-0.1, -0.05) is 12.2 Å². The third kappa shape index (κ3) is 5.04. The van der Waals surface area contributed by atoms with E-state index in [1.807, 2.05) is 0 Å². The number of nitrogens with one attached hydrogen (secondary N) is 1. The predicted octanol–water partition coefficient (Wildman–Crippen LogP) is 0.709. The molecule has 0 aliphatic carbocycles. The molecule has 4 aromatic heterocycles. The molecule has 0 spiro atoms. The number of aromatic amines is 1. The average Bonchev–Trinajstić information content (AvgIpc) is 3.69. The normalized spacial score (nSPS) is 31.3. The van der Waals surface area contributed by atoms with Crippen LogP contribution in [-0.4, -0.2) is 93.4 Å². The quantitative estimate of drug-likeness (QED) is 0.114. The fourth-order valence-electron chi connectivity index (χ4n) is 4.86. The number of halogens is 2. The molecule has 0 saturated carbocycles. The number of fused-ring (bicyclic) bond motifs is 2. The molecule has 2 saturated heterocycles. The van der Waals surface area contributed by atoms with Crippen LogP contribution in [0.4, 0.5) is 20.4 Å². The molecular weight excluding hydrogens is 623 g/mol. The van der Waals surface area contributed by atoms with E-state index in [-0.39, 0.29) is 22.8 Å². The number of hydrogen-bond acceptors (Lipinski definition) is 14. The topological polar surface area (TPSA) is 232 Å². The Labute approximate surface area is 243 Å². The van der Waals surface area contributed by atoms with Gasteiger partial charge in [0.05, 0.1) is 36.8 Å². The molecule has 2 unspecified atom stereocenters. The third-order valence-corrected chi connectivity index (χ3v) is 10.0. The van der Waals surface area contributed by atoms with E-state index in [1.54, 1.807) is 0 Å². The number of alkyl halides is 2. The molecule has 0 amide bonds. The highest BCUT2D eigenvalue weighted by molar-refractivity contribution is 8.44. The van der Waals surface area contributed by atoms with Crippen LogP contribution < -0.4 is 17.0 Å². The van der Waals surface area contributed by atoms with Crippen molar-refractivity contribution >= 4 is 64.8 Å². The summed E-state index contributed by atoms with van der Waals surface area (Å²) < 4.78 is 62.8. The van der Waals surface area contributed by atoms with Gasteiger partial charge in [0.1, 0.15) is 35.4 Å². The van der Waals surface area contributed by atoms with E-state index in [2.05, 4.69) is 37.2 Å². The van der Waals surface area contributed by atoms with Crippen LogP contribution in [-0.2, 0) is 18.3 Å². The number of ether oxygens (including phenoxy) is 1. The van der Waals surface area contributed by atoms with Crippen molar-refractivity contribution in [3.05, 3.63) is 35.3 Å². The molecule has 9 atom stereocenters. The summed E-state index contributed by atoms with van der Waals surface area (Å²) in [6.07, 6.45) is -5.86. The molecule has 6 rings (SSSR count). The minimum atomic E-state index is -4.41. The number of anilines is 2. The van der Waals surface area contributed by atoms with Crippen LogP contribution >= 0.6 is 30.8 Å². The number of aromatic nitrogens is 7. The minimum absolute atomic E-state index is 0.00818. The summed E-state index contributed by atoms with van der Waals surface area (Å²) in [5, 5.41) is 18.2. The largest absolute Gasteiger partial charge is 0.397 e. The lowest BCUT2D eigenvalue weighted by atomic mass is 10.1. The number of nitrogens with two attached hydrogens (primary N) is 2. The molecule has 0 radical (unpaired) electrons. The van der Waals surface area contributed by atoms with Crippen molar-refractivity contribution in [2.24, 2.45) is 0 Å². The Kier molecular flexibility index (Phi) is 7.67. The molecule has 42 heavy (non-hydrogen) atoms. The Morgan fingerprint density at radius 1 is 1.17 bits per heavy atom. The molecule has 226 valence electrons. The first kappa shape index (κ1) is 29.2. The second-order valence-electron chi connectivity index (χ2n) is 9.53. The Balaban J connectivity index is 1.19. The number of thiol groups is 1. The lowest BCUT2D eigenvalue weighted by Crippen LogP contribution is -2.33. The van der Waals surface area contributed by atoms with Gasteiger partial charge < -0.3 is 26.4 Å². The number of rotatable bonds is 8. The average molecular weight is 648 g/mol. The van der Waals surface area contributed by atoms with Crippen molar-refractivity contribution in [2.45, 2.75) is 47.5 Å². The first-order valence-corrected chi connectivity index (χ1v) is 16.0. The summed E-state index contributed by atoms with van der Waals surface area (Å²) in [4.78, 5) is 30.8. The summed E-state index contributed by atoms with van der Waals surface area (Å²) in [6, 6.07) is 1.52. The molecule has 2 aliphatic heterocycles. The van der Waals surface area contributed by atoms with Crippen molar-refractivity contribution in [1.29, 1.82) is 0 Å². The Hall–Kier alpha value is -2.84. The number of nitrogen functional groups attached to an aromatic ring is 2. The fourth-order valence-corrected chi connectivity index (χ4v) is 7.80. The van der Waals surface area contributed by atoms with E-state index >= 15 is 8.78 Å². The van der Waals surface area contributed by atoms with Gasteiger partial charge in [-0.05, 0) is 6.07 Å². The van der Waals surface area contributed by atoms with Crippen LogP contribution in [0.5, 0.6) is 0 Å². The molecule has 6 heterocycles. The van der Waals surface area contributed by atoms with E-state index in [4.69, 9.17) is 25.3 Å². The number of nitrogens with zero attached hydrogens (tertiary/aromatic N) is 6. The second-order valence-corrected chi connectivity index (χ2v) is 13.8. The van der Waals surface area contributed by atoms with Gasteiger partial charge in [0, 0.05) is 6.20 Å². The first-order chi connectivity index (χ1) is 20.0. The highest BCUT2D eigenvalue weighted by Crippen LogP contribution is 2.59. The number of aliphatic hydroxyl groups excluding tert-OH is 2. The Bertz CT molecular complexity index is 1740. The standard InChI is InChI=1S/C21H24F2N9O7PS2/c22-10-9(3-33)42-20(32-6-28-13-17(32)29-21(25)30-18(13)35)15(10)39-40(36,41)37-4-8-14(34)11(23)19(38-8)31-5-27-12-7(24)1-2-26-16(12)31/h1-2,5-6,8-11,14-15,19-20,33-34H,3-4H2,(H2,24,26)(H,36,41)(H3,25,29,30,35)/t8-,9-,10+,11+,14-,15?,19-,20-,40?/m1/s1. The number of imidazole rings is 2. The van der Waals surface area contributed by atoms with Gasteiger partial charge in [-0.15, -0.1) is 11.8 Å². The summed E-state index contributed by atoms with van der Waals surface area (Å²) in [5.41, 5.74) is 11.7. The highest BCUT2D eigenvalue weighted by atomic mass is 32.7. The molecule has 7 N–H and O–H groups in total. The van der Waals surface area contributed by atoms with Gasteiger partial charge in [0.15, 0.2) is 29.2 Å². The van der Waals surface area contributed by atoms with Crippen LogP contribution in [0.1, 0.15) is 11.6 Å². The molecule has 16 nitrogen and oxygen atoms in total. The minimum Gasteiger partial charge on any atom is -0.397 e. The van der Waals surface area contributed by atoms with Crippen molar-refractivity contribution in [1.82, 2.24) is 34.1 Å². The van der Waals surface area contributed by atoms with Crippen LogP contribution in [0.2, 0.25) is 0 Å². The van der Waals surface area contributed by atoms with E-state index in [0.29, 0.717) is 11.2 Å². The van der Waals surface area contributed by atoms with Crippen LogP contribution in [0.3, 0.4) is 0 Å². The Morgan fingerprint density at radius 3 is 2.67 bits per heavy atom. The molecule has 21 heteroatoms. The van der Waals surface area contributed by atoms with E-state index in [0.717, 1.165) is 11.8 Å². The molecule has 2 aliphatic rings. The van der Waals surface area contributed by atoms with Crippen LogP contribution in [0.15, 0.2) is 29.7 Å². The molecule has 0 bridgehead atoms. The van der Waals surface area contributed by atoms with Gasteiger partial charge in [0.25, 0.3) is 5.56 Å². The van der Waals surface area contributed by atoms with Crippen molar-refractivity contribution in [2.75, 3.05) is 24.7 Å². The summed E-state index contributed by atoms with van der Waals surface area (Å²) in [7, 11) is 0. The molecular formula is C21H24F2N9O7PS2. The maximum Gasteiger partial charge on any atom is 0.386 e.